The topological polar surface area (TPSA) is 3.24 Å². The minimum Gasteiger partial charge on any atom is -0.246 e. The Morgan fingerprint density at radius 3 is 2.36 bits per heavy atom. The van der Waals surface area contributed by atoms with E-state index >= 15 is 0 Å². The second-order valence-electron chi connectivity index (χ2n) is 3.72. The molecular weight excluding hydrogens is 190 g/mol. The fourth-order valence-corrected chi connectivity index (χ4v) is 2.71. The predicted octanol–water partition coefficient (Wildman–Crippen LogP) is 3.35. The number of hydrogen-bond acceptors (Lipinski definition) is 2. The molecule has 0 N–H and O–H groups in total. The van der Waals surface area contributed by atoms with Gasteiger partial charge in [-0.25, -0.2) is 4.31 Å². The van der Waals surface area contributed by atoms with Crippen molar-refractivity contribution in [3.63, 3.8) is 0 Å². The lowest BCUT2D eigenvalue weighted by molar-refractivity contribution is 0.586. The average molecular weight is 207 g/mol. The van der Waals surface area contributed by atoms with Crippen molar-refractivity contribution >= 4 is 11.9 Å². The molecule has 0 amide bonds. The first-order valence-corrected chi connectivity index (χ1v) is 6.17. The normalized spacial score (nSPS) is 17.5. The third kappa shape index (κ3) is 2.52. The van der Waals surface area contributed by atoms with Crippen LogP contribution < -0.4 is 0 Å². The molecule has 0 unspecified atom stereocenters. The van der Waals surface area contributed by atoms with Gasteiger partial charge in [0.15, 0.2) is 0 Å². The molecule has 1 aliphatic heterocycles. The SMILES string of the molecule is CCc1ccc(SN2CCCC2)cc1. The lowest BCUT2D eigenvalue weighted by atomic mass is 10.2. The van der Waals surface area contributed by atoms with Crippen LogP contribution in [0.15, 0.2) is 29.2 Å². The lowest BCUT2D eigenvalue weighted by Crippen LogP contribution is -2.08. The van der Waals surface area contributed by atoms with E-state index in [0.29, 0.717) is 0 Å². The van der Waals surface area contributed by atoms with Crippen LogP contribution in [0.3, 0.4) is 0 Å². The summed E-state index contributed by atoms with van der Waals surface area (Å²) in [6.07, 6.45) is 3.86. The second kappa shape index (κ2) is 4.85. The molecule has 1 aliphatic rings. The van der Waals surface area contributed by atoms with Crippen LogP contribution in [0.5, 0.6) is 0 Å². The van der Waals surface area contributed by atoms with Gasteiger partial charge in [0, 0.05) is 18.0 Å². The van der Waals surface area contributed by atoms with Crippen LogP contribution in [-0.2, 0) is 6.42 Å². The third-order valence-corrected chi connectivity index (χ3v) is 3.74. The van der Waals surface area contributed by atoms with E-state index < -0.39 is 0 Å². The number of rotatable bonds is 3. The fraction of sp³-hybridized carbons (Fsp3) is 0.500. The van der Waals surface area contributed by atoms with Crippen LogP contribution in [0.25, 0.3) is 0 Å². The molecule has 1 heterocycles. The summed E-state index contributed by atoms with van der Waals surface area (Å²) in [6.45, 7) is 4.70. The van der Waals surface area contributed by atoms with Crippen molar-refractivity contribution in [1.29, 1.82) is 0 Å². The highest BCUT2D eigenvalue weighted by atomic mass is 32.2. The molecule has 0 radical (unpaired) electrons. The Kier molecular flexibility index (Phi) is 3.49. The van der Waals surface area contributed by atoms with Crippen LogP contribution in [0.1, 0.15) is 25.3 Å². The molecule has 0 aliphatic carbocycles. The summed E-state index contributed by atoms with van der Waals surface area (Å²) in [5, 5.41) is 0. The molecule has 0 aromatic heterocycles. The van der Waals surface area contributed by atoms with E-state index in [1.807, 2.05) is 11.9 Å². The minimum atomic E-state index is 1.13. The van der Waals surface area contributed by atoms with Gasteiger partial charge in [0.25, 0.3) is 0 Å². The number of aryl methyl sites for hydroxylation is 1. The van der Waals surface area contributed by atoms with E-state index in [0.717, 1.165) is 6.42 Å². The summed E-state index contributed by atoms with van der Waals surface area (Å²) < 4.78 is 2.46. The average Bonchev–Trinajstić information content (AvgIpc) is 2.72. The molecule has 1 aromatic rings. The van der Waals surface area contributed by atoms with Gasteiger partial charge in [-0.05, 0) is 48.9 Å². The maximum atomic E-state index is 2.46. The molecule has 14 heavy (non-hydrogen) atoms. The van der Waals surface area contributed by atoms with E-state index in [1.165, 1.54) is 36.4 Å². The molecule has 0 saturated carbocycles. The van der Waals surface area contributed by atoms with Gasteiger partial charge in [-0.3, -0.25) is 0 Å². The molecule has 1 nitrogen and oxygen atoms in total. The first-order chi connectivity index (χ1) is 6.88. The number of nitrogens with zero attached hydrogens (tertiary/aromatic N) is 1. The van der Waals surface area contributed by atoms with Crippen molar-refractivity contribution in [2.75, 3.05) is 13.1 Å². The summed E-state index contributed by atoms with van der Waals surface area (Å²) in [5.74, 6) is 0. The first kappa shape index (κ1) is 10.1. The molecule has 1 aromatic carbocycles. The van der Waals surface area contributed by atoms with Gasteiger partial charge in [-0.2, -0.15) is 0 Å². The summed E-state index contributed by atoms with van der Waals surface area (Å²) in [7, 11) is 0. The molecule has 2 heteroatoms. The maximum Gasteiger partial charge on any atom is 0.0230 e. The molecule has 0 bridgehead atoms. The molecule has 76 valence electrons. The predicted molar refractivity (Wildman–Crippen MR) is 62.5 cm³/mol. The number of benzene rings is 1. The van der Waals surface area contributed by atoms with E-state index in [4.69, 9.17) is 0 Å². The third-order valence-electron chi connectivity index (χ3n) is 2.63. The Balaban J connectivity index is 1.95. The van der Waals surface area contributed by atoms with Crippen molar-refractivity contribution in [2.24, 2.45) is 0 Å². The van der Waals surface area contributed by atoms with E-state index in [9.17, 15) is 0 Å². The van der Waals surface area contributed by atoms with Gasteiger partial charge in [0.1, 0.15) is 0 Å². The van der Waals surface area contributed by atoms with Crippen LogP contribution in [-0.4, -0.2) is 17.4 Å². The summed E-state index contributed by atoms with van der Waals surface area (Å²) in [5.41, 5.74) is 1.43. The van der Waals surface area contributed by atoms with Crippen molar-refractivity contribution < 1.29 is 0 Å². The molecule has 1 saturated heterocycles. The van der Waals surface area contributed by atoms with Gasteiger partial charge >= 0.3 is 0 Å². The summed E-state index contributed by atoms with van der Waals surface area (Å²) >= 11 is 1.90. The summed E-state index contributed by atoms with van der Waals surface area (Å²) in [4.78, 5) is 1.38. The van der Waals surface area contributed by atoms with Crippen LogP contribution in [0.4, 0.5) is 0 Å². The van der Waals surface area contributed by atoms with Crippen LogP contribution in [0.2, 0.25) is 0 Å². The smallest absolute Gasteiger partial charge is 0.0230 e. The Bertz CT molecular complexity index is 275. The fourth-order valence-electron chi connectivity index (χ4n) is 1.71. The molecule has 1 fully saturated rings. The van der Waals surface area contributed by atoms with Gasteiger partial charge in [-0.1, -0.05) is 19.1 Å². The van der Waals surface area contributed by atoms with Gasteiger partial charge in [0.2, 0.25) is 0 Å². The highest BCUT2D eigenvalue weighted by molar-refractivity contribution is 7.97. The first-order valence-electron chi connectivity index (χ1n) is 5.40. The Labute approximate surface area is 90.6 Å². The molecular formula is C12H17NS. The van der Waals surface area contributed by atoms with Gasteiger partial charge in [0.05, 0.1) is 0 Å². The molecule has 0 atom stereocenters. The maximum absolute atomic E-state index is 2.46. The van der Waals surface area contributed by atoms with Crippen molar-refractivity contribution in [3.8, 4) is 0 Å². The van der Waals surface area contributed by atoms with Crippen molar-refractivity contribution in [2.45, 2.75) is 31.1 Å². The molecule has 0 spiro atoms. The van der Waals surface area contributed by atoms with Crippen LogP contribution >= 0.6 is 11.9 Å². The molecule has 2 rings (SSSR count). The van der Waals surface area contributed by atoms with Gasteiger partial charge in [-0.15, -0.1) is 0 Å². The van der Waals surface area contributed by atoms with Crippen LogP contribution in [0, 0.1) is 0 Å². The zero-order valence-corrected chi connectivity index (χ0v) is 9.52. The Morgan fingerprint density at radius 2 is 1.79 bits per heavy atom. The summed E-state index contributed by atoms with van der Waals surface area (Å²) in [6, 6.07) is 8.94. The monoisotopic (exact) mass is 207 g/mol. The van der Waals surface area contributed by atoms with Crippen molar-refractivity contribution in [1.82, 2.24) is 4.31 Å². The zero-order chi connectivity index (χ0) is 9.80. The highest BCUT2D eigenvalue weighted by Crippen LogP contribution is 2.26. The van der Waals surface area contributed by atoms with Crippen molar-refractivity contribution in [3.05, 3.63) is 29.8 Å². The van der Waals surface area contributed by atoms with E-state index in [-0.39, 0.29) is 0 Å². The highest BCUT2D eigenvalue weighted by Gasteiger charge is 2.12. The largest absolute Gasteiger partial charge is 0.246 e. The lowest BCUT2D eigenvalue weighted by Gasteiger charge is -2.12. The second-order valence-corrected chi connectivity index (χ2v) is 4.90. The zero-order valence-electron chi connectivity index (χ0n) is 8.70. The standard InChI is InChI=1S/C12H17NS/c1-2-11-5-7-12(8-6-11)14-13-9-3-4-10-13/h5-8H,2-4,9-10H2,1H3. The number of hydrogen-bond donors (Lipinski definition) is 0. The van der Waals surface area contributed by atoms with E-state index in [2.05, 4.69) is 35.5 Å². The quantitative estimate of drug-likeness (QED) is 0.699. The Hall–Kier alpha value is -0.470. The Morgan fingerprint density at radius 1 is 1.14 bits per heavy atom. The minimum absolute atomic E-state index is 1.13. The van der Waals surface area contributed by atoms with E-state index in [1.54, 1.807) is 0 Å². The van der Waals surface area contributed by atoms with Gasteiger partial charge < -0.3 is 0 Å².